The molecule has 4 rings (SSSR count). The van der Waals surface area contributed by atoms with Gasteiger partial charge < -0.3 is 14.0 Å². The molecule has 146 valence electrons. The second-order valence-electron chi connectivity index (χ2n) is 6.29. The minimum absolute atomic E-state index is 0.113. The van der Waals surface area contributed by atoms with Gasteiger partial charge in [-0.25, -0.2) is 8.42 Å². The smallest absolute Gasteiger partial charge is 0.263 e. The van der Waals surface area contributed by atoms with E-state index >= 15 is 0 Å². The molecule has 0 aliphatic carbocycles. The first-order chi connectivity index (χ1) is 13.5. The van der Waals surface area contributed by atoms with Crippen LogP contribution in [0.2, 0.25) is 0 Å². The summed E-state index contributed by atoms with van der Waals surface area (Å²) in [4.78, 5) is 17.1. The number of fused-ring (bicyclic) bond motifs is 2. The molecule has 0 spiro atoms. The van der Waals surface area contributed by atoms with E-state index in [1.807, 2.05) is 23.6 Å². The summed E-state index contributed by atoms with van der Waals surface area (Å²) in [5.41, 5.74) is 0.883. The van der Waals surface area contributed by atoms with Crippen LogP contribution in [0.5, 0.6) is 11.5 Å². The summed E-state index contributed by atoms with van der Waals surface area (Å²) in [5.74, 6) is -0.0537. The quantitative estimate of drug-likeness (QED) is 0.636. The molecule has 28 heavy (non-hydrogen) atoms. The second-order valence-corrected chi connectivity index (χ2v) is 9.29. The Balaban J connectivity index is 1.72. The highest BCUT2D eigenvalue weighted by atomic mass is 32.2. The lowest BCUT2D eigenvalue weighted by molar-refractivity contribution is -0.115. The summed E-state index contributed by atoms with van der Waals surface area (Å²) in [6, 6.07) is 11.6. The van der Waals surface area contributed by atoms with Crippen LogP contribution in [0, 0.1) is 0 Å². The topological polar surface area (TPSA) is 87.0 Å². The van der Waals surface area contributed by atoms with Crippen molar-refractivity contribution in [3.63, 3.8) is 0 Å². The maximum Gasteiger partial charge on any atom is 0.263 e. The van der Waals surface area contributed by atoms with Crippen LogP contribution in [0.25, 0.3) is 10.2 Å². The van der Waals surface area contributed by atoms with Crippen molar-refractivity contribution in [1.82, 2.24) is 4.57 Å². The Hall–Kier alpha value is -2.65. The molecule has 1 aromatic heterocycles. The Morgan fingerprint density at radius 2 is 1.89 bits per heavy atom. The highest BCUT2D eigenvalue weighted by molar-refractivity contribution is 7.92. The third-order valence-corrected chi connectivity index (χ3v) is 6.92. The number of rotatable bonds is 5. The lowest BCUT2D eigenvalue weighted by Gasteiger charge is -2.04. The molecule has 1 amide bonds. The number of ether oxygens (including phenoxy) is 2. The number of benzene rings is 2. The van der Waals surface area contributed by atoms with E-state index < -0.39 is 21.5 Å². The van der Waals surface area contributed by atoms with Crippen LogP contribution in [0.1, 0.15) is 13.3 Å². The van der Waals surface area contributed by atoms with Gasteiger partial charge in [0.1, 0.15) is 5.75 Å². The predicted octanol–water partition coefficient (Wildman–Crippen LogP) is 2.74. The van der Waals surface area contributed by atoms with E-state index in [0.29, 0.717) is 22.8 Å². The molecule has 7 nitrogen and oxygen atoms in total. The summed E-state index contributed by atoms with van der Waals surface area (Å²) in [6.07, 6.45) is 0.837. The van der Waals surface area contributed by atoms with Crippen LogP contribution in [0.15, 0.2) is 52.4 Å². The van der Waals surface area contributed by atoms with Crippen molar-refractivity contribution in [2.75, 3.05) is 12.5 Å². The Bertz CT molecular complexity index is 1210. The first kappa shape index (κ1) is 18.7. The van der Waals surface area contributed by atoms with Crippen LogP contribution in [0.4, 0.5) is 0 Å². The number of thiazole rings is 1. The number of sulfone groups is 1. The molecule has 2 heterocycles. The molecule has 1 aliphatic rings. The normalized spacial score (nSPS) is 14.0. The molecule has 9 heteroatoms. The molecule has 0 unspecified atom stereocenters. The Morgan fingerprint density at radius 1 is 1.18 bits per heavy atom. The summed E-state index contributed by atoms with van der Waals surface area (Å²) < 4.78 is 38.5. The fourth-order valence-corrected chi connectivity index (χ4v) is 5.21. The molecule has 0 saturated heterocycles. The van der Waals surface area contributed by atoms with Gasteiger partial charge in [-0.1, -0.05) is 36.5 Å². The third-order valence-electron chi connectivity index (χ3n) is 4.26. The van der Waals surface area contributed by atoms with E-state index in [4.69, 9.17) is 9.47 Å². The molecule has 1 aliphatic heterocycles. The average molecular weight is 418 g/mol. The van der Waals surface area contributed by atoms with E-state index in [1.54, 1.807) is 18.2 Å². The maximum atomic E-state index is 12.4. The zero-order valence-electron chi connectivity index (χ0n) is 15.1. The minimum atomic E-state index is -3.73. The van der Waals surface area contributed by atoms with Gasteiger partial charge in [0.05, 0.1) is 15.1 Å². The lowest BCUT2D eigenvalue weighted by atomic mass is 10.3. The molecule has 0 saturated carbocycles. The standard InChI is InChI=1S/C19H18N2O5S2/c1-2-8-21-14-9-15-16(26-12-25-15)10-17(14)27-19(21)20-18(22)11-28(23,24)13-6-4-3-5-7-13/h3-7,9-10H,2,8,11-12H2,1H3. The second kappa shape index (κ2) is 7.40. The average Bonchev–Trinajstić information content (AvgIpc) is 3.25. The van der Waals surface area contributed by atoms with Crippen LogP contribution in [0.3, 0.4) is 0 Å². The van der Waals surface area contributed by atoms with Crippen molar-refractivity contribution in [2.24, 2.45) is 4.99 Å². The van der Waals surface area contributed by atoms with Gasteiger partial charge in [-0.3, -0.25) is 4.79 Å². The van der Waals surface area contributed by atoms with Crippen molar-refractivity contribution < 1.29 is 22.7 Å². The molecule has 0 atom stereocenters. The molecule has 2 aromatic carbocycles. The third kappa shape index (κ3) is 3.55. The SMILES string of the molecule is CCCn1c(=NC(=O)CS(=O)(=O)c2ccccc2)sc2cc3c(cc21)OCO3. The lowest BCUT2D eigenvalue weighted by Crippen LogP contribution is -2.21. The van der Waals surface area contributed by atoms with E-state index in [2.05, 4.69) is 4.99 Å². The molecule has 0 N–H and O–H groups in total. The molecular weight excluding hydrogens is 400 g/mol. The van der Waals surface area contributed by atoms with Gasteiger partial charge in [0, 0.05) is 18.7 Å². The van der Waals surface area contributed by atoms with Gasteiger partial charge in [0.15, 0.2) is 26.1 Å². The number of carbonyl (C=O) groups excluding carboxylic acids is 1. The van der Waals surface area contributed by atoms with Gasteiger partial charge in [-0.05, 0) is 18.6 Å². The van der Waals surface area contributed by atoms with Crippen LogP contribution in [-0.4, -0.2) is 31.4 Å². The summed E-state index contributed by atoms with van der Waals surface area (Å²) in [7, 11) is -3.73. The Kier molecular flexibility index (Phi) is 4.94. The first-order valence-electron chi connectivity index (χ1n) is 8.76. The van der Waals surface area contributed by atoms with Crippen LogP contribution in [-0.2, 0) is 21.2 Å². The summed E-state index contributed by atoms with van der Waals surface area (Å²) >= 11 is 1.33. The zero-order chi connectivity index (χ0) is 19.7. The number of hydrogen-bond acceptors (Lipinski definition) is 6. The van der Waals surface area contributed by atoms with E-state index in [-0.39, 0.29) is 11.7 Å². The number of amides is 1. The van der Waals surface area contributed by atoms with Crippen LogP contribution < -0.4 is 14.3 Å². The molecule has 0 fully saturated rings. The first-order valence-corrected chi connectivity index (χ1v) is 11.2. The van der Waals surface area contributed by atoms with Gasteiger partial charge >= 0.3 is 0 Å². The van der Waals surface area contributed by atoms with Gasteiger partial charge in [0.25, 0.3) is 5.91 Å². The molecule has 0 radical (unpaired) electrons. The minimum Gasteiger partial charge on any atom is -0.454 e. The number of nitrogens with zero attached hydrogens (tertiary/aromatic N) is 2. The fourth-order valence-electron chi connectivity index (χ4n) is 3.00. The number of carbonyl (C=O) groups is 1. The monoisotopic (exact) mass is 418 g/mol. The van der Waals surface area contributed by atoms with Crippen molar-refractivity contribution in [3.8, 4) is 11.5 Å². The van der Waals surface area contributed by atoms with Crippen molar-refractivity contribution in [3.05, 3.63) is 47.3 Å². The van der Waals surface area contributed by atoms with Gasteiger partial charge in [0.2, 0.25) is 6.79 Å². The number of aryl methyl sites for hydroxylation is 1. The van der Waals surface area contributed by atoms with Crippen molar-refractivity contribution >= 4 is 37.3 Å². The van der Waals surface area contributed by atoms with Crippen molar-refractivity contribution in [2.45, 2.75) is 24.8 Å². The summed E-state index contributed by atoms with van der Waals surface area (Å²) in [5, 5.41) is 0. The predicted molar refractivity (Wildman–Crippen MR) is 105 cm³/mol. The highest BCUT2D eigenvalue weighted by Gasteiger charge is 2.20. The largest absolute Gasteiger partial charge is 0.454 e. The maximum absolute atomic E-state index is 12.4. The van der Waals surface area contributed by atoms with Crippen molar-refractivity contribution in [1.29, 1.82) is 0 Å². The van der Waals surface area contributed by atoms with E-state index in [1.165, 1.54) is 23.5 Å². The van der Waals surface area contributed by atoms with E-state index in [9.17, 15) is 13.2 Å². The number of aromatic nitrogens is 1. The Morgan fingerprint density at radius 3 is 2.61 bits per heavy atom. The van der Waals surface area contributed by atoms with Gasteiger partial charge in [-0.15, -0.1) is 0 Å². The summed E-state index contributed by atoms with van der Waals surface area (Å²) in [6.45, 7) is 2.86. The van der Waals surface area contributed by atoms with Crippen LogP contribution >= 0.6 is 11.3 Å². The fraction of sp³-hybridized carbons (Fsp3) is 0.263. The molecule has 0 bridgehead atoms. The van der Waals surface area contributed by atoms with Gasteiger partial charge in [-0.2, -0.15) is 4.99 Å². The zero-order valence-corrected chi connectivity index (χ0v) is 16.8. The molecule has 3 aromatic rings. The highest BCUT2D eigenvalue weighted by Crippen LogP contribution is 2.37. The van der Waals surface area contributed by atoms with E-state index in [0.717, 1.165) is 16.6 Å². The number of hydrogen-bond donors (Lipinski definition) is 0. The Labute approximate surface area is 165 Å². The molecular formula is C19H18N2O5S2.